The molecule has 2 aromatic carbocycles. The molecule has 0 spiro atoms. The molecular formula is C19H20N2O2. The van der Waals surface area contributed by atoms with Crippen LogP contribution in [0.15, 0.2) is 54.6 Å². The van der Waals surface area contributed by atoms with Gasteiger partial charge in [-0.15, -0.1) is 0 Å². The molecule has 1 unspecified atom stereocenters. The van der Waals surface area contributed by atoms with Crippen molar-refractivity contribution in [2.45, 2.75) is 19.0 Å². The lowest BCUT2D eigenvalue weighted by atomic mass is 10.0. The van der Waals surface area contributed by atoms with Gasteiger partial charge in [0.05, 0.1) is 0 Å². The van der Waals surface area contributed by atoms with Crippen LogP contribution in [0.3, 0.4) is 0 Å². The van der Waals surface area contributed by atoms with Crippen LogP contribution in [-0.2, 0) is 17.8 Å². The smallest absolute Gasteiger partial charge is 0.255 e. The Morgan fingerprint density at radius 2 is 1.74 bits per heavy atom. The number of nitrogens with zero attached hydrogens (tertiary/aromatic N) is 2. The van der Waals surface area contributed by atoms with Gasteiger partial charge in [-0.3, -0.25) is 9.59 Å². The third-order valence-electron chi connectivity index (χ3n) is 4.22. The molecule has 0 fully saturated rings. The number of carbonyl (C=O) groups excluding carboxylic acids is 2. The maximum absolute atomic E-state index is 12.7. The third kappa shape index (κ3) is 2.97. The van der Waals surface area contributed by atoms with Gasteiger partial charge in [-0.1, -0.05) is 48.5 Å². The molecule has 23 heavy (non-hydrogen) atoms. The van der Waals surface area contributed by atoms with Crippen LogP contribution in [0.1, 0.15) is 21.5 Å². The van der Waals surface area contributed by atoms with Gasteiger partial charge in [0.1, 0.15) is 6.04 Å². The number of likely N-dealkylation sites (N-methyl/N-ethyl adjacent to an activating group) is 1. The van der Waals surface area contributed by atoms with E-state index in [4.69, 9.17) is 0 Å². The highest BCUT2D eigenvalue weighted by atomic mass is 16.2. The number of fused-ring (bicyclic) bond motifs is 1. The number of hydrogen-bond donors (Lipinski definition) is 0. The molecule has 0 saturated heterocycles. The SMILES string of the molecule is CN(C)C(=O)C(Cc1ccccc1)N1Cc2ccccc2C1=O. The molecule has 1 atom stereocenters. The molecule has 1 aliphatic rings. The molecule has 0 radical (unpaired) electrons. The number of hydrogen-bond acceptors (Lipinski definition) is 2. The fourth-order valence-corrected chi connectivity index (χ4v) is 2.99. The summed E-state index contributed by atoms with van der Waals surface area (Å²) in [6, 6.07) is 16.9. The largest absolute Gasteiger partial charge is 0.347 e. The van der Waals surface area contributed by atoms with E-state index >= 15 is 0 Å². The van der Waals surface area contributed by atoms with Crippen LogP contribution in [0.5, 0.6) is 0 Å². The minimum absolute atomic E-state index is 0.0463. The standard InChI is InChI=1S/C19H20N2O2/c1-20(2)19(23)17(12-14-8-4-3-5-9-14)21-13-15-10-6-7-11-16(15)18(21)22/h3-11,17H,12-13H2,1-2H3. The van der Waals surface area contributed by atoms with Gasteiger partial charge < -0.3 is 9.80 Å². The second-order valence-electron chi connectivity index (χ2n) is 6.03. The molecule has 2 amide bonds. The van der Waals surface area contributed by atoms with Crippen LogP contribution in [0.4, 0.5) is 0 Å². The number of carbonyl (C=O) groups is 2. The Kier molecular flexibility index (Phi) is 4.15. The van der Waals surface area contributed by atoms with E-state index in [1.54, 1.807) is 23.9 Å². The zero-order chi connectivity index (χ0) is 16.4. The first kappa shape index (κ1) is 15.3. The van der Waals surface area contributed by atoms with E-state index < -0.39 is 6.04 Å². The fourth-order valence-electron chi connectivity index (χ4n) is 2.99. The monoisotopic (exact) mass is 308 g/mol. The third-order valence-corrected chi connectivity index (χ3v) is 4.22. The summed E-state index contributed by atoms with van der Waals surface area (Å²) >= 11 is 0. The lowest BCUT2D eigenvalue weighted by Crippen LogP contribution is -2.47. The summed E-state index contributed by atoms with van der Waals surface area (Å²) in [4.78, 5) is 28.6. The summed E-state index contributed by atoms with van der Waals surface area (Å²) < 4.78 is 0. The van der Waals surface area contributed by atoms with Crippen molar-refractivity contribution in [1.82, 2.24) is 9.80 Å². The number of benzene rings is 2. The molecule has 2 aromatic rings. The van der Waals surface area contributed by atoms with Crippen molar-refractivity contribution >= 4 is 11.8 Å². The molecule has 0 bridgehead atoms. The Labute approximate surface area is 136 Å². The van der Waals surface area contributed by atoms with Gasteiger partial charge >= 0.3 is 0 Å². The Hall–Kier alpha value is -2.62. The molecule has 0 N–H and O–H groups in total. The van der Waals surface area contributed by atoms with Gasteiger partial charge in [0, 0.05) is 32.6 Å². The Morgan fingerprint density at radius 1 is 1.09 bits per heavy atom. The van der Waals surface area contributed by atoms with Crippen LogP contribution >= 0.6 is 0 Å². The van der Waals surface area contributed by atoms with Crippen molar-refractivity contribution in [2.24, 2.45) is 0 Å². The summed E-state index contributed by atoms with van der Waals surface area (Å²) in [5.41, 5.74) is 2.75. The predicted octanol–water partition coefficient (Wildman–Crippen LogP) is 2.34. The van der Waals surface area contributed by atoms with Gasteiger partial charge in [-0.25, -0.2) is 0 Å². The van der Waals surface area contributed by atoms with Crippen molar-refractivity contribution in [3.05, 3.63) is 71.3 Å². The van der Waals surface area contributed by atoms with Gasteiger partial charge in [-0.2, -0.15) is 0 Å². The molecular weight excluding hydrogens is 288 g/mol. The molecule has 3 rings (SSSR count). The molecule has 0 aromatic heterocycles. The summed E-state index contributed by atoms with van der Waals surface area (Å²) in [5, 5.41) is 0. The zero-order valence-corrected chi connectivity index (χ0v) is 13.4. The maximum atomic E-state index is 12.7. The highest BCUT2D eigenvalue weighted by Gasteiger charge is 2.36. The van der Waals surface area contributed by atoms with Crippen molar-refractivity contribution in [2.75, 3.05) is 14.1 Å². The minimum Gasteiger partial charge on any atom is -0.347 e. The summed E-state index contributed by atoms with van der Waals surface area (Å²) in [6.45, 7) is 0.492. The Balaban J connectivity index is 1.91. The van der Waals surface area contributed by atoms with Crippen LogP contribution in [0, 0.1) is 0 Å². The Morgan fingerprint density at radius 3 is 2.39 bits per heavy atom. The van der Waals surface area contributed by atoms with E-state index in [-0.39, 0.29) is 11.8 Å². The Bertz CT molecular complexity index is 725. The van der Waals surface area contributed by atoms with E-state index in [9.17, 15) is 9.59 Å². The first-order valence-corrected chi connectivity index (χ1v) is 7.72. The van der Waals surface area contributed by atoms with Crippen LogP contribution in [0.2, 0.25) is 0 Å². The normalized spacial score (nSPS) is 14.5. The van der Waals surface area contributed by atoms with E-state index in [2.05, 4.69) is 0 Å². The zero-order valence-electron chi connectivity index (χ0n) is 13.4. The van der Waals surface area contributed by atoms with Crippen molar-refractivity contribution in [3.63, 3.8) is 0 Å². The topological polar surface area (TPSA) is 40.6 Å². The van der Waals surface area contributed by atoms with E-state index in [1.807, 2.05) is 54.6 Å². The number of amides is 2. The predicted molar refractivity (Wildman–Crippen MR) is 88.9 cm³/mol. The van der Waals surface area contributed by atoms with Gasteiger partial charge in [0.2, 0.25) is 5.91 Å². The van der Waals surface area contributed by atoms with Crippen LogP contribution in [-0.4, -0.2) is 41.8 Å². The van der Waals surface area contributed by atoms with Crippen molar-refractivity contribution in [1.29, 1.82) is 0 Å². The van der Waals surface area contributed by atoms with E-state index in [1.165, 1.54) is 0 Å². The maximum Gasteiger partial charge on any atom is 0.255 e. The molecule has 1 heterocycles. The van der Waals surface area contributed by atoms with Gasteiger partial charge in [0.25, 0.3) is 5.91 Å². The second-order valence-corrected chi connectivity index (χ2v) is 6.03. The fraction of sp³-hybridized carbons (Fsp3) is 0.263. The highest BCUT2D eigenvalue weighted by molar-refractivity contribution is 6.01. The van der Waals surface area contributed by atoms with Crippen molar-refractivity contribution in [3.8, 4) is 0 Å². The lowest BCUT2D eigenvalue weighted by molar-refractivity contribution is -0.133. The lowest BCUT2D eigenvalue weighted by Gasteiger charge is -2.29. The first-order valence-electron chi connectivity index (χ1n) is 7.72. The minimum atomic E-state index is -0.479. The van der Waals surface area contributed by atoms with Crippen LogP contribution < -0.4 is 0 Å². The van der Waals surface area contributed by atoms with Gasteiger partial charge in [0.15, 0.2) is 0 Å². The van der Waals surface area contributed by atoms with Crippen molar-refractivity contribution < 1.29 is 9.59 Å². The molecule has 4 nitrogen and oxygen atoms in total. The molecule has 4 heteroatoms. The second kappa shape index (κ2) is 6.24. The molecule has 1 aliphatic heterocycles. The summed E-state index contributed by atoms with van der Waals surface area (Å²) in [7, 11) is 3.46. The highest BCUT2D eigenvalue weighted by Crippen LogP contribution is 2.26. The molecule has 0 aliphatic carbocycles. The average molecular weight is 308 g/mol. The summed E-state index contributed by atoms with van der Waals surface area (Å²) in [5.74, 6) is -0.105. The van der Waals surface area contributed by atoms with E-state index in [0.717, 1.165) is 11.1 Å². The van der Waals surface area contributed by atoms with Gasteiger partial charge in [-0.05, 0) is 17.2 Å². The number of rotatable bonds is 4. The molecule has 118 valence electrons. The van der Waals surface area contributed by atoms with Crippen LogP contribution in [0.25, 0.3) is 0 Å². The molecule has 0 saturated carbocycles. The first-order chi connectivity index (χ1) is 11.1. The van der Waals surface area contributed by atoms with E-state index in [0.29, 0.717) is 18.5 Å². The quantitative estimate of drug-likeness (QED) is 0.870. The summed E-state index contributed by atoms with van der Waals surface area (Å²) in [6.07, 6.45) is 0.525. The average Bonchev–Trinajstić information content (AvgIpc) is 2.90.